The monoisotopic (exact) mass is 346 g/mol. The molecule has 0 bridgehead atoms. The first-order valence-corrected chi connectivity index (χ1v) is 7.14. The van der Waals surface area contributed by atoms with E-state index in [1.165, 1.54) is 16.6 Å². The number of hydrogen-bond donors (Lipinski definition) is 1. The lowest BCUT2D eigenvalue weighted by Gasteiger charge is -2.20. The maximum atomic E-state index is 3.62. The van der Waals surface area contributed by atoms with Gasteiger partial charge in [0.25, 0.3) is 0 Å². The Kier molecular flexibility index (Phi) is 4.27. The Morgan fingerprint density at radius 1 is 1.44 bits per heavy atom. The molecule has 1 unspecified atom stereocenters. The highest BCUT2D eigenvalue weighted by Gasteiger charge is 2.23. The van der Waals surface area contributed by atoms with Gasteiger partial charge in [0.1, 0.15) is 0 Å². The summed E-state index contributed by atoms with van der Waals surface area (Å²) in [7, 11) is 2.03. The van der Waals surface area contributed by atoms with Crippen molar-refractivity contribution in [3.05, 3.63) is 27.1 Å². The van der Waals surface area contributed by atoms with Gasteiger partial charge in [0, 0.05) is 22.0 Å². The van der Waals surface area contributed by atoms with E-state index in [1.807, 2.05) is 7.05 Å². The number of rotatable bonds is 3. The fourth-order valence-corrected chi connectivity index (χ4v) is 3.08. The second kappa shape index (κ2) is 5.52. The average Bonchev–Trinajstić information content (AvgIpc) is 2.71. The van der Waals surface area contributed by atoms with Gasteiger partial charge in [-0.1, -0.05) is 15.9 Å². The Labute approximate surface area is 114 Å². The summed E-state index contributed by atoms with van der Waals surface area (Å²) in [4.78, 5) is 2.46. The number of nitrogens with one attached hydrogen (secondary N) is 1. The molecular weight excluding hydrogens is 332 g/mol. The van der Waals surface area contributed by atoms with E-state index in [4.69, 9.17) is 0 Å². The number of benzene rings is 1. The fourth-order valence-electron chi connectivity index (χ4n) is 2.23. The molecular formula is C12H16Br2N2. The lowest BCUT2D eigenvalue weighted by molar-refractivity contribution is 0.549. The van der Waals surface area contributed by atoms with Crippen molar-refractivity contribution in [1.82, 2.24) is 5.32 Å². The average molecular weight is 348 g/mol. The predicted octanol–water partition coefficient (Wildman–Crippen LogP) is 3.26. The molecule has 1 atom stereocenters. The van der Waals surface area contributed by atoms with E-state index in [-0.39, 0.29) is 0 Å². The molecule has 16 heavy (non-hydrogen) atoms. The highest BCUT2D eigenvalue weighted by Crippen LogP contribution is 2.32. The van der Waals surface area contributed by atoms with Gasteiger partial charge in [0.2, 0.25) is 0 Å². The van der Waals surface area contributed by atoms with E-state index < -0.39 is 0 Å². The first-order valence-electron chi connectivity index (χ1n) is 5.55. The quantitative estimate of drug-likeness (QED) is 0.902. The molecule has 1 aliphatic heterocycles. The summed E-state index contributed by atoms with van der Waals surface area (Å²) in [6, 6.07) is 6.35. The van der Waals surface area contributed by atoms with Gasteiger partial charge in [-0.05, 0) is 60.1 Å². The number of nitrogens with zero attached hydrogens (tertiary/aromatic N) is 1. The molecule has 2 rings (SSSR count). The number of anilines is 1. The minimum Gasteiger partial charge on any atom is -0.370 e. The normalized spacial score (nSPS) is 20.4. The Morgan fingerprint density at radius 2 is 2.25 bits per heavy atom. The van der Waals surface area contributed by atoms with Crippen molar-refractivity contribution in [3.63, 3.8) is 0 Å². The minimum atomic E-state index is 0.774. The first-order chi connectivity index (χ1) is 7.70. The Hall–Kier alpha value is -0.0600. The van der Waals surface area contributed by atoms with Crippen LogP contribution in [0.5, 0.6) is 0 Å². The fraction of sp³-hybridized carbons (Fsp3) is 0.500. The largest absolute Gasteiger partial charge is 0.370 e. The van der Waals surface area contributed by atoms with E-state index in [1.54, 1.807) is 0 Å². The van der Waals surface area contributed by atoms with Gasteiger partial charge in [-0.15, -0.1) is 0 Å². The van der Waals surface area contributed by atoms with Gasteiger partial charge in [0.15, 0.2) is 0 Å². The molecule has 1 aliphatic rings. The van der Waals surface area contributed by atoms with Crippen LogP contribution in [0.1, 0.15) is 6.42 Å². The zero-order chi connectivity index (χ0) is 11.5. The molecule has 0 spiro atoms. The van der Waals surface area contributed by atoms with Crippen LogP contribution in [0.3, 0.4) is 0 Å². The molecule has 1 saturated heterocycles. The second-order valence-electron chi connectivity index (χ2n) is 4.25. The SMILES string of the molecule is CNCC1CCN(c2cc(Br)ccc2Br)C1. The molecule has 0 radical (unpaired) electrons. The van der Waals surface area contributed by atoms with Crippen molar-refractivity contribution in [2.75, 3.05) is 31.6 Å². The van der Waals surface area contributed by atoms with E-state index in [9.17, 15) is 0 Å². The Morgan fingerprint density at radius 3 is 3.00 bits per heavy atom. The maximum Gasteiger partial charge on any atom is 0.0522 e. The summed E-state index contributed by atoms with van der Waals surface area (Å²) >= 11 is 7.15. The van der Waals surface area contributed by atoms with Crippen LogP contribution < -0.4 is 10.2 Å². The van der Waals surface area contributed by atoms with Gasteiger partial charge in [-0.3, -0.25) is 0 Å². The third-order valence-electron chi connectivity index (χ3n) is 3.03. The van der Waals surface area contributed by atoms with Crippen LogP contribution in [0.15, 0.2) is 27.1 Å². The lowest BCUT2D eigenvalue weighted by atomic mass is 10.1. The van der Waals surface area contributed by atoms with Gasteiger partial charge in [0.05, 0.1) is 5.69 Å². The molecule has 88 valence electrons. The Balaban J connectivity index is 2.11. The van der Waals surface area contributed by atoms with E-state index in [0.29, 0.717) is 0 Å². The second-order valence-corrected chi connectivity index (χ2v) is 6.02. The molecule has 1 N–H and O–H groups in total. The molecule has 2 nitrogen and oxygen atoms in total. The predicted molar refractivity (Wildman–Crippen MR) is 76.1 cm³/mol. The zero-order valence-electron chi connectivity index (χ0n) is 9.34. The van der Waals surface area contributed by atoms with Gasteiger partial charge < -0.3 is 10.2 Å². The molecule has 0 amide bonds. The molecule has 0 saturated carbocycles. The van der Waals surface area contributed by atoms with Crippen LogP contribution in [0.25, 0.3) is 0 Å². The lowest BCUT2D eigenvalue weighted by Crippen LogP contribution is -2.24. The number of hydrogen-bond acceptors (Lipinski definition) is 2. The summed E-state index contributed by atoms with van der Waals surface area (Å²) in [6.07, 6.45) is 1.28. The molecule has 0 aromatic heterocycles. The van der Waals surface area contributed by atoms with E-state index >= 15 is 0 Å². The third kappa shape index (κ3) is 2.79. The summed E-state index contributed by atoms with van der Waals surface area (Å²) in [6.45, 7) is 3.42. The van der Waals surface area contributed by atoms with Crippen molar-refractivity contribution in [2.45, 2.75) is 6.42 Å². The van der Waals surface area contributed by atoms with Gasteiger partial charge in [-0.25, -0.2) is 0 Å². The van der Waals surface area contributed by atoms with Crippen molar-refractivity contribution >= 4 is 37.5 Å². The molecule has 0 aliphatic carbocycles. The van der Waals surface area contributed by atoms with Crippen molar-refractivity contribution < 1.29 is 0 Å². The van der Waals surface area contributed by atoms with Crippen molar-refractivity contribution in [1.29, 1.82) is 0 Å². The Bertz CT molecular complexity index is 368. The minimum absolute atomic E-state index is 0.774. The molecule has 1 fully saturated rings. The van der Waals surface area contributed by atoms with Gasteiger partial charge >= 0.3 is 0 Å². The molecule has 1 heterocycles. The third-order valence-corrected chi connectivity index (χ3v) is 4.19. The van der Waals surface area contributed by atoms with E-state index in [0.717, 1.165) is 30.0 Å². The van der Waals surface area contributed by atoms with Gasteiger partial charge in [-0.2, -0.15) is 0 Å². The zero-order valence-corrected chi connectivity index (χ0v) is 12.5. The summed E-state index contributed by atoms with van der Waals surface area (Å²) < 4.78 is 2.32. The van der Waals surface area contributed by atoms with Crippen LogP contribution in [0, 0.1) is 5.92 Å². The summed E-state index contributed by atoms with van der Waals surface area (Å²) in [5.74, 6) is 0.774. The number of halogens is 2. The molecule has 1 aromatic rings. The highest BCUT2D eigenvalue weighted by molar-refractivity contribution is 9.11. The van der Waals surface area contributed by atoms with Crippen LogP contribution in [0.4, 0.5) is 5.69 Å². The molecule has 4 heteroatoms. The first kappa shape index (κ1) is 12.4. The van der Waals surface area contributed by atoms with Crippen molar-refractivity contribution in [3.8, 4) is 0 Å². The smallest absolute Gasteiger partial charge is 0.0522 e. The standard InChI is InChI=1S/C12H16Br2N2/c1-15-7-9-4-5-16(8-9)12-6-10(13)2-3-11(12)14/h2-3,6,9,15H,4-5,7-8H2,1H3. The summed E-state index contributed by atoms with van der Waals surface area (Å²) in [5.41, 5.74) is 1.30. The van der Waals surface area contributed by atoms with E-state index in [2.05, 4.69) is 60.3 Å². The summed E-state index contributed by atoms with van der Waals surface area (Å²) in [5, 5.41) is 3.26. The maximum absolute atomic E-state index is 3.62. The van der Waals surface area contributed by atoms with Crippen LogP contribution in [0.2, 0.25) is 0 Å². The van der Waals surface area contributed by atoms with Crippen LogP contribution in [-0.2, 0) is 0 Å². The highest BCUT2D eigenvalue weighted by atomic mass is 79.9. The van der Waals surface area contributed by atoms with Crippen molar-refractivity contribution in [2.24, 2.45) is 5.92 Å². The molecule has 1 aromatic carbocycles. The van der Waals surface area contributed by atoms with Crippen LogP contribution >= 0.6 is 31.9 Å². The topological polar surface area (TPSA) is 15.3 Å². The van der Waals surface area contributed by atoms with Crippen LogP contribution in [-0.4, -0.2) is 26.7 Å².